The molecule has 0 fully saturated rings. The highest BCUT2D eigenvalue weighted by molar-refractivity contribution is 6.18. The van der Waals surface area contributed by atoms with Crippen LogP contribution in [0.1, 0.15) is 421 Å². The van der Waals surface area contributed by atoms with Crippen LogP contribution in [-0.2, 0) is 19.2 Å². The van der Waals surface area contributed by atoms with Crippen LogP contribution in [0.4, 0.5) is 0 Å². The predicted molar refractivity (Wildman–Crippen MR) is 360 cm³/mol. The fourth-order valence-corrected chi connectivity index (χ4v) is 13.0. The third-order valence-electron chi connectivity index (χ3n) is 19.4. The van der Waals surface area contributed by atoms with Gasteiger partial charge in [0.2, 0.25) is 11.8 Å². The first-order valence-electron chi connectivity index (χ1n) is 37.2. The molecule has 0 aromatic heterocycles. The molecule has 0 saturated carbocycles. The number of carbonyl (C=O) groups is 4. The molecule has 0 aliphatic carbocycles. The number of nitrogens with two attached hydrogens (primary N) is 1. The fourth-order valence-electron chi connectivity index (χ4n) is 13.0. The van der Waals surface area contributed by atoms with E-state index in [4.69, 9.17) is 5.73 Å². The lowest BCUT2D eigenvalue weighted by Gasteiger charge is -2.57. The summed E-state index contributed by atoms with van der Waals surface area (Å²) in [6.45, 7) is 19.4. The van der Waals surface area contributed by atoms with E-state index in [0.717, 1.165) is 90.0 Å². The number of carbonyl (C=O) groups excluding carboxylic acids is 4. The summed E-state index contributed by atoms with van der Waals surface area (Å²) in [5.74, 6) is -1.01. The fraction of sp³-hybridized carbons (Fsp3) is 0.947. The van der Waals surface area contributed by atoms with Gasteiger partial charge < -0.3 is 11.1 Å². The van der Waals surface area contributed by atoms with Crippen LogP contribution in [0.3, 0.4) is 0 Å². The topological polar surface area (TPSA) is 110 Å². The number of rotatable bonds is 66. The van der Waals surface area contributed by atoms with Gasteiger partial charge in [-0.15, -0.1) is 0 Å². The molecule has 0 radical (unpaired) electrons. The molecule has 7 nitrogen and oxygen atoms in total. The monoisotopic (exact) mass is 1150 g/mol. The molecule has 3 N–H and O–H groups in total. The van der Waals surface area contributed by atoms with Crippen molar-refractivity contribution in [3.63, 3.8) is 0 Å². The Labute approximate surface area is 513 Å². The van der Waals surface area contributed by atoms with E-state index in [-0.39, 0.29) is 49.1 Å². The Hall–Kier alpha value is -1.60. The van der Waals surface area contributed by atoms with Gasteiger partial charge in [0.1, 0.15) is 0 Å². The highest BCUT2D eigenvalue weighted by Crippen LogP contribution is 2.52. The molecule has 7 heteroatoms. The second-order valence-electron chi connectivity index (χ2n) is 27.5. The maximum absolute atomic E-state index is 16.0. The van der Waals surface area contributed by atoms with Crippen LogP contribution in [0.5, 0.6) is 0 Å². The number of amides is 2. The van der Waals surface area contributed by atoms with Crippen molar-refractivity contribution in [2.24, 2.45) is 16.6 Å². The van der Waals surface area contributed by atoms with Crippen molar-refractivity contribution < 1.29 is 19.2 Å². The van der Waals surface area contributed by atoms with Crippen LogP contribution in [0.2, 0.25) is 0 Å². The van der Waals surface area contributed by atoms with Gasteiger partial charge in [0.25, 0.3) is 0 Å². The quantitative estimate of drug-likeness (QED) is 0.0464. The van der Waals surface area contributed by atoms with Gasteiger partial charge in [0, 0.05) is 37.6 Å². The number of hydrogen-bond donors (Lipinski definition) is 2. The second kappa shape index (κ2) is 57.2. The Morgan fingerprint density at radius 2 is 0.512 bits per heavy atom. The Kier molecular flexibility index (Phi) is 56.0. The zero-order valence-corrected chi connectivity index (χ0v) is 57.1. The molecule has 0 bridgehead atoms. The number of nitrogens with zero attached hydrogens (tertiary/aromatic N) is 1. The Morgan fingerprint density at radius 3 is 0.732 bits per heavy atom. The van der Waals surface area contributed by atoms with E-state index in [1.165, 1.54) is 236 Å². The Balaban J connectivity index is 6.79. The molecule has 0 unspecified atom stereocenters. The first-order valence-corrected chi connectivity index (χ1v) is 37.2. The number of unbranched alkanes of at least 4 members (excludes halogenated alkanes) is 48. The maximum atomic E-state index is 16.0. The minimum Gasteiger partial charge on any atom is -0.330 e. The smallest absolute Gasteiger partial charge is 0.230 e. The van der Waals surface area contributed by atoms with Gasteiger partial charge >= 0.3 is 0 Å². The van der Waals surface area contributed by atoms with Crippen molar-refractivity contribution in [2.45, 2.75) is 427 Å². The zero-order valence-electron chi connectivity index (χ0n) is 57.1. The first kappa shape index (κ1) is 80.4. The largest absolute Gasteiger partial charge is 0.330 e. The summed E-state index contributed by atoms with van der Waals surface area (Å²) in [7, 11) is 0. The Bertz CT molecular complexity index is 1360. The van der Waals surface area contributed by atoms with Crippen LogP contribution >= 0.6 is 0 Å². The van der Waals surface area contributed by atoms with E-state index in [9.17, 15) is 0 Å². The molecule has 0 aromatic rings. The molecule has 82 heavy (non-hydrogen) atoms. The lowest BCUT2D eigenvalue weighted by atomic mass is 9.53. The number of imide groups is 1. The van der Waals surface area contributed by atoms with Gasteiger partial charge in [-0.3, -0.25) is 24.1 Å². The molecular weight excluding hydrogens is 1010 g/mol. The lowest BCUT2D eigenvalue weighted by Crippen LogP contribution is -2.74. The molecule has 0 aromatic carbocycles. The average Bonchev–Trinajstić information content (AvgIpc) is 1.91. The number of ketones is 2. The van der Waals surface area contributed by atoms with Crippen LogP contribution in [0.25, 0.3) is 0 Å². The van der Waals surface area contributed by atoms with Gasteiger partial charge in [-0.25, -0.2) is 0 Å². The lowest BCUT2D eigenvalue weighted by molar-refractivity contribution is -0.178. The average molecular weight is 1160 g/mol. The highest BCUT2D eigenvalue weighted by Gasteiger charge is 2.66. The number of Topliss-reactive ketones (excluding diaryl/α,β-unsaturated/α-hetero) is 2. The summed E-state index contributed by atoms with van der Waals surface area (Å²) in [6.07, 6.45) is 64.1. The minimum atomic E-state index is -1.90. The van der Waals surface area contributed by atoms with E-state index in [2.05, 4.69) is 60.7 Å². The van der Waals surface area contributed by atoms with E-state index >= 15 is 19.2 Å². The van der Waals surface area contributed by atoms with Crippen LogP contribution in [0.15, 0.2) is 0 Å². The molecule has 0 rings (SSSR count). The summed E-state index contributed by atoms with van der Waals surface area (Å²) in [5.41, 5.74) is 2.34. The van der Waals surface area contributed by atoms with Crippen LogP contribution in [0, 0.1) is 10.8 Å². The maximum Gasteiger partial charge on any atom is 0.230 e. The molecule has 2 amide bonds. The minimum absolute atomic E-state index is 0.188. The molecule has 0 saturated heterocycles. The summed E-state index contributed by atoms with van der Waals surface area (Å²) in [5, 5.41) is 3.64. The molecule has 0 aliphatic heterocycles. The van der Waals surface area contributed by atoms with E-state index < -0.39 is 16.4 Å². The summed E-state index contributed by atoms with van der Waals surface area (Å²) in [6, 6.07) is 0. The van der Waals surface area contributed by atoms with Crippen molar-refractivity contribution in [1.82, 2.24) is 10.2 Å². The third kappa shape index (κ3) is 39.2. The third-order valence-corrected chi connectivity index (χ3v) is 19.4. The van der Waals surface area contributed by atoms with E-state index in [1.54, 1.807) is 0 Å². The second-order valence-corrected chi connectivity index (χ2v) is 27.5. The predicted octanol–water partition coefficient (Wildman–Crippen LogP) is 23.1. The first-order chi connectivity index (χ1) is 39.9. The summed E-state index contributed by atoms with van der Waals surface area (Å²) < 4.78 is 0. The van der Waals surface area contributed by atoms with E-state index in [0.29, 0.717) is 38.8 Å². The molecular formula is C75H147N3O4. The SMILES string of the molecule is CCCCCCCCCCCCCCCC(=O)N(C(=O)CCCCCCCCCCCCCCC)C(C(=O)CCCCCCCCCCCCCCC)(C(=O)CCCCCCCCCCCCCCC)C(C)(C)C(C)(C)CNCCCN. The van der Waals surface area contributed by atoms with Gasteiger partial charge in [-0.1, -0.05) is 364 Å². The van der Waals surface area contributed by atoms with Crippen molar-refractivity contribution in [1.29, 1.82) is 0 Å². The van der Waals surface area contributed by atoms with Gasteiger partial charge in [0.15, 0.2) is 17.1 Å². The van der Waals surface area contributed by atoms with Crippen molar-refractivity contribution >= 4 is 23.4 Å². The summed E-state index contributed by atoms with van der Waals surface area (Å²) in [4.78, 5) is 64.5. The summed E-state index contributed by atoms with van der Waals surface area (Å²) >= 11 is 0. The van der Waals surface area contributed by atoms with Crippen molar-refractivity contribution in [3.8, 4) is 0 Å². The van der Waals surface area contributed by atoms with Crippen LogP contribution in [-0.4, -0.2) is 53.5 Å². The molecule has 0 spiro atoms. The Morgan fingerprint density at radius 1 is 0.305 bits per heavy atom. The highest BCUT2D eigenvalue weighted by atomic mass is 16.2. The molecule has 0 heterocycles. The molecule has 0 atom stereocenters. The number of nitrogens with one attached hydrogen (secondary N) is 1. The molecule has 0 aliphatic rings. The zero-order chi connectivity index (χ0) is 60.5. The molecule has 486 valence electrons. The van der Waals surface area contributed by atoms with E-state index in [1.807, 2.05) is 0 Å². The van der Waals surface area contributed by atoms with Crippen LogP contribution < -0.4 is 11.1 Å². The van der Waals surface area contributed by atoms with Crippen molar-refractivity contribution in [3.05, 3.63) is 0 Å². The van der Waals surface area contributed by atoms with Gasteiger partial charge in [0.05, 0.1) is 0 Å². The van der Waals surface area contributed by atoms with Crippen molar-refractivity contribution in [2.75, 3.05) is 19.6 Å². The standard InChI is InChI=1S/C75H147N3O4/c1-9-13-17-21-25-29-33-37-41-45-49-53-57-62-69(79)75(74(7,8)73(5,6)68-77-67-61-66-76,70(80)63-58-54-50-46-42-38-34-30-26-22-18-14-10-2)78(71(81)64-59-55-51-47-43-39-35-31-27-23-19-15-11-3)72(82)65-60-56-52-48-44-40-36-32-28-24-20-16-12-4/h77H,9-68,76H2,1-8H3. The normalized spacial score (nSPS) is 12.2. The van der Waals surface area contributed by atoms with Gasteiger partial charge in [-0.05, 0) is 50.6 Å². The van der Waals surface area contributed by atoms with Gasteiger partial charge in [-0.2, -0.15) is 0 Å². The number of hydrogen-bond acceptors (Lipinski definition) is 6.